The third-order valence-electron chi connectivity index (χ3n) is 4.66. The van der Waals surface area contributed by atoms with Gasteiger partial charge in [0, 0.05) is 5.39 Å². The van der Waals surface area contributed by atoms with E-state index >= 15 is 0 Å². The van der Waals surface area contributed by atoms with E-state index in [1.807, 2.05) is 80.6 Å². The number of methoxy groups -OCH3 is 1. The minimum atomic E-state index is -0.545. The predicted molar refractivity (Wildman–Crippen MR) is 108 cm³/mol. The molecule has 0 aliphatic rings. The van der Waals surface area contributed by atoms with Crippen molar-refractivity contribution in [2.24, 2.45) is 0 Å². The molecular weight excluding hydrogens is 338 g/mol. The van der Waals surface area contributed by atoms with Gasteiger partial charge >= 0.3 is 0 Å². The van der Waals surface area contributed by atoms with Crippen molar-refractivity contribution in [3.05, 3.63) is 72.3 Å². The second-order valence-corrected chi connectivity index (χ2v) is 6.50. The van der Waals surface area contributed by atoms with E-state index in [2.05, 4.69) is 5.32 Å². The highest BCUT2D eigenvalue weighted by molar-refractivity contribution is 5.89. The van der Waals surface area contributed by atoms with Gasteiger partial charge in [-0.15, -0.1) is 0 Å². The maximum atomic E-state index is 12.8. The fraction of sp³-hybridized carbons (Fsp3) is 0.261. The summed E-state index contributed by atoms with van der Waals surface area (Å²) in [6, 6.07) is 21.5. The lowest BCUT2D eigenvalue weighted by Crippen LogP contribution is -2.39. The first-order valence-corrected chi connectivity index (χ1v) is 9.21. The molecule has 0 unspecified atom stereocenters. The Kier molecular flexibility index (Phi) is 5.97. The topological polar surface area (TPSA) is 47.6 Å². The van der Waals surface area contributed by atoms with Gasteiger partial charge in [-0.05, 0) is 42.5 Å². The molecule has 4 heteroatoms. The molecule has 2 atom stereocenters. The summed E-state index contributed by atoms with van der Waals surface area (Å²) in [4.78, 5) is 12.8. The average molecular weight is 363 g/mol. The molecule has 3 aromatic carbocycles. The fourth-order valence-corrected chi connectivity index (χ4v) is 3.06. The third kappa shape index (κ3) is 4.40. The summed E-state index contributed by atoms with van der Waals surface area (Å²) in [5, 5.41) is 5.15. The van der Waals surface area contributed by atoms with Gasteiger partial charge < -0.3 is 14.8 Å². The van der Waals surface area contributed by atoms with E-state index in [1.54, 1.807) is 7.11 Å². The van der Waals surface area contributed by atoms with Crippen molar-refractivity contribution in [2.75, 3.05) is 7.11 Å². The number of hydrogen-bond acceptors (Lipinski definition) is 3. The minimum Gasteiger partial charge on any atom is -0.497 e. The van der Waals surface area contributed by atoms with E-state index in [0.29, 0.717) is 6.42 Å². The van der Waals surface area contributed by atoms with Gasteiger partial charge in [-0.1, -0.05) is 55.5 Å². The Bertz CT molecular complexity index is 900. The summed E-state index contributed by atoms with van der Waals surface area (Å²) in [7, 11) is 1.64. The molecule has 0 radical (unpaired) electrons. The largest absolute Gasteiger partial charge is 0.497 e. The number of amides is 1. The van der Waals surface area contributed by atoms with E-state index in [9.17, 15) is 4.79 Å². The van der Waals surface area contributed by atoms with Crippen molar-refractivity contribution in [3.8, 4) is 11.5 Å². The molecule has 1 amide bonds. The highest BCUT2D eigenvalue weighted by Gasteiger charge is 2.21. The van der Waals surface area contributed by atoms with Crippen molar-refractivity contribution in [1.29, 1.82) is 0 Å². The van der Waals surface area contributed by atoms with Crippen LogP contribution in [-0.2, 0) is 4.79 Å². The first-order valence-electron chi connectivity index (χ1n) is 9.21. The molecule has 0 fully saturated rings. The van der Waals surface area contributed by atoms with Gasteiger partial charge in [-0.25, -0.2) is 0 Å². The molecule has 1 N–H and O–H groups in total. The summed E-state index contributed by atoms with van der Waals surface area (Å²) in [6.45, 7) is 3.91. The fourth-order valence-electron chi connectivity index (χ4n) is 3.06. The Balaban J connectivity index is 1.71. The maximum Gasteiger partial charge on any atom is 0.261 e. The van der Waals surface area contributed by atoms with Gasteiger partial charge in [0.25, 0.3) is 5.91 Å². The quantitative estimate of drug-likeness (QED) is 0.650. The van der Waals surface area contributed by atoms with E-state index in [0.717, 1.165) is 27.8 Å². The SMILES string of the molecule is CC[C@H](Oc1cccc2ccccc12)C(=O)N[C@H](C)c1ccc(OC)cc1. The van der Waals surface area contributed by atoms with Gasteiger partial charge in [-0.3, -0.25) is 4.79 Å². The van der Waals surface area contributed by atoms with Gasteiger partial charge in [0.15, 0.2) is 6.10 Å². The van der Waals surface area contributed by atoms with Crippen molar-refractivity contribution in [2.45, 2.75) is 32.4 Å². The molecule has 4 nitrogen and oxygen atoms in total. The number of fused-ring (bicyclic) bond motifs is 1. The minimum absolute atomic E-state index is 0.117. The Hall–Kier alpha value is -3.01. The molecule has 27 heavy (non-hydrogen) atoms. The van der Waals surface area contributed by atoms with Crippen molar-refractivity contribution in [1.82, 2.24) is 5.32 Å². The average Bonchev–Trinajstić information content (AvgIpc) is 2.72. The monoisotopic (exact) mass is 363 g/mol. The summed E-state index contributed by atoms with van der Waals surface area (Å²) >= 11 is 0. The second kappa shape index (κ2) is 8.58. The zero-order chi connectivity index (χ0) is 19.2. The Morgan fingerprint density at radius 1 is 1.00 bits per heavy atom. The molecule has 3 rings (SSSR count). The van der Waals surface area contributed by atoms with Crippen molar-refractivity contribution < 1.29 is 14.3 Å². The molecule has 0 saturated heterocycles. The van der Waals surface area contributed by atoms with Crippen LogP contribution >= 0.6 is 0 Å². The van der Waals surface area contributed by atoms with Crippen LogP contribution < -0.4 is 14.8 Å². The zero-order valence-corrected chi connectivity index (χ0v) is 15.9. The first-order chi connectivity index (χ1) is 13.1. The number of carbonyl (C=O) groups excluding carboxylic acids is 1. The molecule has 0 aromatic heterocycles. The van der Waals surface area contributed by atoms with Crippen LogP contribution in [0.3, 0.4) is 0 Å². The van der Waals surface area contributed by atoms with Crippen LogP contribution in [0.2, 0.25) is 0 Å². The van der Waals surface area contributed by atoms with Gasteiger partial charge in [0.1, 0.15) is 11.5 Å². The lowest BCUT2D eigenvalue weighted by molar-refractivity contribution is -0.128. The number of benzene rings is 3. The lowest BCUT2D eigenvalue weighted by atomic mass is 10.1. The normalized spacial score (nSPS) is 13.0. The van der Waals surface area contributed by atoms with Crippen LogP contribution in [0.25, 0.3) is 10.8 Å². The highest BCUT2D eigenvalue weighted by Crippen LogP contribution is 2.27. The maximum absolute atomic E-state index is 12.8. The smallest absolute Gasteiger partial charge is 0.261 e. The van der Waals surface area contributed by atoms with E-state index in [1.165, 1.54) is 0 Å². The summed E-state index contributed by atoms with van der Waals surface area (Å²) < 4.78 is 11.3. The van der Waals surface area contributed by atoms with Gasteiger partial charge in [0.05, 0.1) is 13.2 Å². The van der Waals surface area contributed by atoms with Crippen LogP contribution in [0.5, 0.6) is 11.5 Å². The summed E-state index contributed by atoms with van der Waals surface area (Å²) in [5.74, 6) is 1.41. The van der Waals surface area contributed by atoms with Gasteiger partial charge in [-0.2, -0.15) is 0 Å². The molecule has 140 valence electrons. The predicted octanol–water partition coefficient (Wildman–Crippen LogP) is 4.88. The second-order valence-electron chi connectivity index (χ2n) is 6.50. The number of rotatable bonds is 7. The van der Waals surface area contributed by atoms with Crippen LogP contribution in [0.4, 0.5) is 0 Å². The summed E-state index contributed by atoms with van der Waals surface area (Å²) in [6.07, 6.45) is 0.0428. The third-order valence-corrected chi connectivity index (χ3v) is 4.66. The Morgan fingerprint density at radius 3 is 2.41 bits per heavy atom. The first kappa shape index (κ1) is 18.8. The van der Waals surface area contributed by atoms with Crippen molar-refractivity contribution >= 4 is 16.7 Å². The number of nitrogens with one attached hydrogen (secondary N) is 1. The number of carbonyl (C=O) groups is 1. The number of hydrogen-bond donors (Lipinski definition) is 1. The Morgan fingerprint density at radius 2 is 1.70 bits per heavy atom. The lowest BCUT2D eigenvalue weighted by Gasteiger charge is -2.21. The van der Waals surface area contributed by atoms with Crippen LogP contribution in [0.1, 0.15) is 31.9 Å². The van der Waals surface area contributed by atoms with Crippen LogP contribution in [0, 0.1) is 0 Å². The molecule has 0 heterocycles. The van der Waals surface area contributed by atoms with Crippen LogP contribution in [0.15, 0.2) is 66.7 Å². The molecule has 0 bridgehead atoms. The molecule has 0 aliphatic heterocycles. The molecular formula is C23H25NO3. The Labute approximate surface area is 160 Å². The summed E-state index contributed by atoms with van der Waals surface area (Å²) in [5.41, 5.74) is 1.02. The molecule has 0 spiro atoms. The number of ether oxygens (including phenoxy) is 2. The van der Waals surface area contributed by atoms with E-state index < -0.39 is 6.10 Å². The molecule has 0 aliphatic carbocycles. The molecule has 3 aromatic rings. The van der Waals surface area contributed by atoms with E-state index in [4.69, 9.17) is 9.47 Å². The van der Waals surface area contributed by atoms with Crippen molar-refractivity contribution in [3.63, 3.8) is 0 Å². The highest BCUT2D eigenvalue weighted by atomic mass is 16.5. The molecule has 0 saturated carbocycles. The standard InChI is InChI=1S/C23H25NO3/c1-4-21(27-22-11-7-9-18-8-5-6-10-20(18)22)23(25)24-16(2)17-12-14-19(26-3)15-13-17/h5-16,21H,4H2,1-3H3,(H,24,25)/t16-,21+/m1/s1. The van der Waals surface area contributed by atoms with E-state index in [-0.39, 0.29) is 11.9 Å². The van der Waals surface area contributed by atoms with Gasteiger partial charge in [0.2, 0.25) is 0 Å². The van der Waals surface area contributed by atoms with Crippen LogP contribution in [-0.4, -0.2) is 19.1 Å². The zero-order valence-electron chi connectivity index (χ0n) is 15.9.